The molecule has 106 valence electrons. The fourth-order valence-corrected chi connectivity index (χ4v) is 2.02. The predicted molar refractivity (Wildman–Crippen MR) is 82.9 cm³/mol. The van der Waals surface area contributed by atoms with Gasteiger partial charge in [0.2, 0.25) is 5.95 Å². The van der Waals surface area contributed by atoms with Gasteiger partial charge in [0, 0.05) is 13.1 Å². The summed E-state index contributed by atoms with van der Waals surface area (Å²) in [6, 6.07) is 10.5. The Labute approximate surface area is 124 Å². The number of benzene rings is 1. The molecule has 0 aliphatic rings. The van der Waals surface area contributed by atoms with Gasteiger partial charge in [-0.15, -0.1) is 0 Å². The highest BCUT2D eigenvalue weighted by atomic mass is 35.5. The van der Waals surface area contributed by atoms with Gasteiger partial charge in [-0.3, -0.25) is 0 Å². The summed E-state index contributed by atoms with van der Waals surface area (Å²) < 4.78 is 0. The Morgan fingerprint density at radius 2 is 1.85 bits per heavy atom. The Bertz CT molecular complexity index is 501. The van der Waals surface area contributed by atoms with Crippen LogP contribution in [-0.4, -0.2) is 35.0 Å². The van der Waals surface area contributed by atoms with E-state index in [2.05, 4.69) is 51.5 Å². The second-order valence-electron chi connectivity index (χ2n) is 4.73. The van der Waals surface area contributed by atoms with Crippen LogP contribution in [0.1, 0.15) is 12.0 Å². The third-order valence-corrected chi connectivity index (χ3v) is 3.11. The van der Waals surface area contributed by atoms with E-state index in [1.165, 1.54) is 5.56 Å². The summed E-state index contributed by atoms with van der Waals surface area (Å²) in [5.74, 6) is 0.625. The van der Waals surface area contributed by atoms with Crippen molar-refractivity contribution in [2.75, 3.05) is 25.5 Å². The van der Waals surface area contributed by atoms with E-state index in [0.29, 0.717) is 11.0 Å². The fourth-order valence-electron chi connectivity index (χ4n) is 1.93. The van der Waals surface area contributed by atoms with Crippen LogP contribution in [0.5, 0.6) is 0 Å². The second kappa shape index (κ2) is 7.82. The smallest absolute Gasteiger partial charge is 0.222 e. The molecular weight excluding hydrogens is 272 g/mol. The standard InChI is InChI=1S/C15H19ClN4/c1-20(12-13-6-3-2-4-7-13)9-5-8-17-15-18-10-14(16)11-19-15/h2-4,6-7,10-11H,5,8-9,12H2,1H3,(H,17,18,19). The highest BCUT2D eigenvalue weighted by Gasteiger charge is 2.00. The molecule has 4 nitrogen and oxygen atoms in total. The third kappa shape index (κ3) is 5.15. The van der Waals surface area contributed by atoms with Gasteiger partial charge >= 0.3 is 0 Å². The maximum atomic E-state index is 5.73. The molecular formula is C15H19ClN4. The molecule has 0 fully saturated rings. The van der Waals surface area contributed by atoms with Crippen LogP contribution in [0.25, 0.3) is 0 Å². The van der Waals surface area contributed by atoms with E-state index in [1.807, 2.05) is 6.07 Å². The number of aromatic nitrogens is 2. The quantitative estimate of drug-likeness (QED) is 0.796. The second-order valence-corrected chi connectivity index (χ2v) is 5.17. The van der Waals surface area contributed by atoms with E-state index in [1.54, 1.807) is 12.4 Å². The van der Waals surface area contributed by atoms with E-state index in [-0.39, 0.29) is 0 Å². The third-order valence-electron chi connectivity index (χ3n) is 2.92. The van der Waals surface area contributed by atoms with Crippen LogP contribution in [0, 0.1) is 0 Å². The average Bonchev–Trinajstić information content (AvgIpc) is 2.46. The molecule has 1 N–H and O–H groups in total. The van der Waals surface area contributed by atoms with Gasteiger partial charge in [-0.05, 0) is 25.6 Å². The molecule has 20 heavy (non-hydrogen) atoms. The minimum absolute atomic E-state index is 0.554. The number of hydrogen-bond donors (Lipinski definition) is 1. The number of nitrogens with one attached hydrogen (secondary N) is 1. The minimum atomic E-state index is 0.554. The van der Waals surface area contributed by atoms with Crippen molar-refractivity contribution >= 4 is 17.5 Å². The van der Waals surface area contributed by atoms with Crippen molar-refractivity contribution < 1.29 is 0 Å². The lowest BCUT2D eigenvalue weighted by Gasteiger charge is -2.16. The molecule has 1 aromatic heterocycles. The molecule has 0 atom stereocenters. The summed E-state index contributed by atoms with van der Waals surface area (Å²) in [7, 11) is 2.13. The lowest BCUT2D eigenvalue weighted by molar-refractivity contribution is 0.325. The van der Waals surface area contributed by atoms with Crippen molar-refractivity contribution in [3.8, 4) is 0 Å². The van der Waals surface area contributed by atoms with Gasteiger partial charge in [0.25, 0.3) is 0 Å². The molecule has 0 amide bonds. The van der Waals surface area contributed by atoms with Gasteiger partial charge in [-0.1, -0.05) is 41.9 Å². The van der Waals surface area contributed by atoms with E-state index in [0.717, 1.165) is 26.1 Å². The normalized spacial score (nSPS) is 10.8. The first-order chi connectivity index (χ1) is 9.74. The summed E-state index contributed by atoms with van der Waals surface area (Å²) in [4.78, 5) is 10.5. The van der Waals surface area contributed by atoms with Crippen LogP contribution in [-0.2, 0) is 6.54 Å². The van der Waals surface area contributed by atoms with E-state index in [9.17, 15) is 0 Å². The summed E-state index contributed by atoms with van der Waals surface area (Å²) in [5, 5.41) is 3.74. The highest BCUT2D eigenvalue weighted by molar-refractivity contribution is 6.30. The molecule has 1 aromatic carbocycles. The zero-order chi connectivity index (χ0) is 14.2. The van der Waals surface area contributed by atoms with Crippen LogP contribution in [0.2, 0.25) is 5.02 Å². The largest absolute Gasteiger partial charge is 0.354 e. The minimum Gasteiger partial charge on any atom is -0.354 e. The Balaban J connectivity index is 1.64. The number of rotatable bonds is 7. The van der Waals surface area contributed by atoms with Crippen LogP contribution in [0.15, 0.2) is 42.7 Å². The van der Waals surface area contributed by atoms with Gasteiger partial charge in [-0.2, -0.15) is 0 Å². The molecule has 0 saturated heterocycles. The molecule has 2 rings (SSSR count). The number of anilines is 1. The first-order valence-electron chi connectivity index (χ1n) is 6.68. The summed E-state index contributed by atoms with van der Waals surface area (Å²) in [6.45, 7) is 2.84. The molecule has 0 spiro atoms. The van der Waals surface area contributed by atoms with Crippen molar-refractivity contribution in [3.63, 3.8) is 0 Å². The van der Waals surface area contributed by atoms with Crippen LogP contribution < -0.4 is 5.32 Å². The molecule has 0 radical (unpaired) electrons. The lowest BCUT2D eigenvalue weighted by atomic mass is 10.2. The molecule has 2 aromatic rings. The van der Waals surface area contributed by atoms with Gasteiger partial charge in [-0.25, -0.2) is 9.97 Å². The zero-order valence-corrected chi connectivity index (χ0v) is 12.3. The monoisotopic (exact) mass is 290 g/mol. The maximum absolute atomic E-state index is 5.73. The zero-order valence-electron chi connectivity index (χ0n) is 11.6. The van der Waals surface area contributed by atoms with Crippen LogP contribution >= 0.6 is 11.6 Å². The lowest BCUT2D eigenvalue weighted by Crippen LogP contribution is -2.21. The highest BCUT2D eigenvalue weighted by Crippen LogP contribution is 2.06. The molecule has 0 aliphatic heterocycles. The number of hydrogen-bond acceptors (Lipinski definition) is 4. The van der Waals surface area contributed by atoms with Gasteiger partial charge in [0.05, 0.1) is 17.4 Å². The van der Waals surface area contributed by atoms with E-state index < -0.39 is 0 Å². The molecule has 1 heterocycles. The van der Waals surface area contributed by atoms with Crippen molar-refractivity contribution in [3.05, 3.63) is 53.3 Å². The first kappa shape index (κ1) is 14.8. The van der Waals surface area contributed by atoms with Crippen LogP contribution in [0.3, 0.4) is 0 Å². The predicted octanol–water partition coefficient (Wildman–Crippen LogP) is 3.06. The Morgan fingerprint density at radius 1 is 1.15 bits per heavy atom. The first-order valence-corrected chi connectivity index (χ1v) is 7.06. The number of halogens is 1. The van der Waals surface area contributed by atoms with Crippen LogP contribution in [0.4, 0.5) is 5.95 Å². The molecule has 5 heteroatoms. The Hall–Kier alpha value is -1.65. The van der Waals surface area contributed by atoms with Crippen molar-refractivity contribution in [2.24, 2.45) is 0 Å². The average molecular weight is 291 g/mol. The maximum Gasteiger partial charge on any atom is 0.222 e. The van der Waals surface area contributed by atoms with E-state index in [4.69, 9.17) is 11.6 Å². The summed E-state index contributed by atoms with van der Waals surface area (Å²) in [5.41, 5.74) is 1.34. The van der Waals surface area contributed by atoms with Crippen molar-refractivity contribution in [2.45, 2.75) is 13.0 Å². The fraction of sp³-hybridized carbons (Fsp3) is 0.333. The summed E-state index contributed by atoms with van der Waals surface area (Å²) in [6.07, 6.45) is 4.23. The van der Waals surface area contributed by atoms with Gasteiger partial charge in [0.15, 0.2) is 0 Å². The summed E-state index contributed by atoms with van der Waals surface area (Å²) >= 11 is 5.73. The van der Waals surface area contributed by atoms with Crippen molar-refractivity contribution in [1.29, 1.82) is 0 Å². The molecule has 0 saturated carbocycles. The Morgan fingerprint density at radius 3 is 2.55 bits per heavy atom. The van der Waals surface area contributed by atoms with Gasteiger partial charge in [0.1, 0.15) is 0 Å². The number of nitrogens with zero attached hydrogens (tertiary/aromatic N) is 3. The van der Waals surface area contributed by atoms with E-state index >= 15 is 0 Å². The molecule has 0 unspecified atom stereocenters. The molecule has 0 aliphatic carbocycles. The SMILES string of the molecule is CN(CCCNc1ncc(Cl)cn1)Cc1ccccc1. The Kier molecular flexibility index (Phi) is 5.77. The topological polar surface area (TPSA) is 41.0 Å². The molecule has 0 bridgehead atoms. The van der Waals surface area contributed by atoms with Gasteiger partial charge < -0.3 is 10.2 Å². The van der Waals surface area contributed by atoms with Crippen molar-refractivity contribution in [1.82, 2.24) is 14.9 Å².